The van der Waals surface area contributed by atoms with Crippen LogP contribution in [-0.4, -0.2) is 28.2 Å². The van der Waals surface area contributed by atoms with Gasteiger partial charge in [-0.05, 0) is 50.3 Å². The molecule has 2 aromatic rings. The second-order valence-corrected chi connectivity index (χ2v) is 8.05. The summed E-state index contributed by atoms with van der Waals surface area (Å²) in [5.74, 6) is 1.01. The van der Waals surface area contributed by atoms with E-state index in [2.05, 4.69) is 53.1 Å². The molecular weight excluding hydrogens is 386 g/mol. The zero-order valence-electron chi connectivity index (χ0n) is 15.8. The predicted molar refractivity (Wildman–Crippen MR) is 122 cm³/mol. The zero-order chi connectivity index (χ0) is 19.7. The third kappa shape index (κ3) is 3.12. The number of anilines is 3. The van der Waals surface area contributed by atoms with E-state index in [1.165, 1.54) is 11.8 Å². The number of hydrogen-bond acceptors (Lipinski definition) is 5. The quantitative estimate of drug-likeness (QED) is 0.508. The SMILES string of the molecule is CCN1C(=O)C(=CC=C2N(CC)c3ccccc3N2c2ccccc2)SC1=S. The van der Waals surface area contributed by atoms with E-state index >= 15 is 0 Å². The van der Waals surface area contributed by atoms with Gasteiger partial charge in [0.15, 0.2) is 0 Å². The maximum Gasteiger partial charge on any atom is 0.266 e. The van der Waals surface area contributed by atoms with Gasteiger partial charge in [0.25, 0.3) is 5.91 Å². The summed E-state index contributed by atoms with van der Waals surface area (Å²) in [6, 6.07) is 18.7. The van der Waals surface area contributed by atoms with E-state index in [9.17, 15) is 4.79 Å². The Morgan fingerprint density at radius 3 is 2.18 bits per heavy atom. The van der Waals surface area contributed by atoms with E-state index in [0.717, 1.165) is 29.4 Å². The topological polar surface area (TPSA) is 26.8 Å². The number of hydrogen-bond donors (Lipinski definition) is 0. The number of rotatable bonds is 4. The molecule has 0 aliphatic carbocycles. The Bertz CT molecular complexity index is 984. The van der Waals surface area contributed by atoms with Crippen molar-refractivity contribution in [3.05, 3.63) is 77.5 Å². The van der Waals surface area contributed by atoms with Crippen molar-refractivity contribution >= 4 is 51.3 Å². The first kappa shape index (κ1) is 18.8. The van der Waals surface area contributed by atoms with Gasteiger partial charge in [-0.2, -0.15) is 0 Å². The highest BCUT2D eigenvalue weighted by Crippen LogP contribution is 2.45. The van der Waals surface area contributed by atoms with Crippen LogP contribution in [0.2, 0.25) is 0 Å². The molecule has 2 aliphatic heterocycles. The van der Waals surface area contributed by atoms with Gasteiger partial charge in [-0.3, -0.25) is 14.6 Å². The van der Waals surface area contributed by atoms with Crippen LogP contribution in [-0.2, 0) is 4.79 Å². The van der Waals surface area contributed by atoms with Crippen LogP contribution in [0.3, 0.4) is 0 Å². The first-order chi connectivity index (χ1) is 13.7. The molecule has 0 saturated carbocycles. The van der Waals surface area contributed by atoms with Crippen LogP contribution in [0.1, 0.15) is 13.8 Å². The number of benzene rings is 2. The normalized spacial score (nSPS) is 19.3. The number of allylic oxidation sites excluding steroid dienone is 2. The van der Waals surface area contributed by atoms with Crippen molar-refractivity contribution < 1.29 is 4.79 Å². The number of nitrogens with zero attached hydrogens (tertiary/aromatic N) is 3. The molecule has 4 nitrogen and oxygen atoms in total. The summed E-state index contributed by atoms with van der Waals surface area (Å²) < 4.78 is 0.624. The molecule has 2 aliphatic rings. The number of fused-ring (bicyclic) bond motifs is 1. The first-order valence-electron chi connectivity index (χ1n) is 9.33. The van der Waals surface area contributed by atoms with Crippen molar-refractivity contribution in [2.45, 2.75) is 13.8 Å². The Labute approximate surface area is 175 Å². The molecule has 0 spiro atoms. The van der Waals surface area contributed by atoms with E-state index in [4.69, 9.17) is 12.2 Å². The summed E-state index contributed by atoms with van der Waals surface area (Å²) in [6.07, 6.45) is 3.92. The fourth-order valence-corrected chi connectivity index (χ4v) is 4.86. The highest BCUT2D eigenvalue weighted by atomic mass is 32.2. The Morgan fingerprint density at radius 2 is 1.54 bits per heavy atom. The molecule has 1 amide bonds. The van der Waals surface area contributed by atoms with Crippen molar-refractivity contribution in [1.82, 2.24) is 4.90 Å². The average molecular weight is 408 g/mol. The molecule has 28 heavy (non-hydrogen) atoms. The smallest absolute Gasteiger partial charge is 0.266 e. The van der Waals surface area contributed by atoms with Crippen molar-refractivity contribution in [2.24, 2.45) is 0 Å². The molecule has 4 rings (SSSR count). The number of thiocarbonyl (C=S) groups is 1. The highest BCUT2D eigenvalue weighted by molar-refractivity contribution is 8.26. The van der Waals surface area contributed by atoms with Crippen molar-refractivity contribution in [3.8, 4) is 0 Å². The van der Waals surface area contributed by atoms with Crippen LogP contribution in [0.15, 0.2) is 77.5 Å². The number of carbonyl (C=O) groups excluding carboxylic acids is 1. The van der Waals surface area contributed by atoms with Gasteiger partial charge >= 0.3 is 0 Å². The number of thioether (sulfide) groups is 1. The van der Waals surface area contributed by atoms with Gasteiger partial charge in [0, 0.05) is 18.8 Å². The molecule has 0 N–H and O–H groups in total. The van der Waals surface area contributed by atoms with Gasteiger partial charge in [0.1, 0.15) is 10.1 Å². The van der Waals surface area contributed by atoms with E-state index in [-0.39, 0.29) is 5.91 Å². The van der Waals surface area contributed by atoms with Crippen LogP contribution < -0.4 is 9.80 Å². The number of amides is 1. The Morgan fingerprint density at radius 1 is 0.893 bits per heavy atom. The van der Waals surface area contributed by atoms with Crippen LogP contribution >= 0.6 is 24.0 Å². The van der Waals surface area contributed by atoms with Gasteiger partial charge in [0.05, 0.1) is 16.3 Å². The van der Waals surface area contributed by atoms with E-state index < -0.39 is 0 Å². The van der Waals surface area contributed by atoms with E-state index in [1.807, 2.05) is 37.3 Å². The average Bonchev–Trinajstić information content (AvgIpc) is 3.19. The maximum atomic E-state index is 12.6. The first-order valence-corrected chi connectivity index (χ1v) is 10.6. The molecule has 0 bridgehead atoms. The van der Waals surface area contributed by atoms with Gasteiger partial charge < -0.3 is 4.90 Å². The highest BCUT2D eigenvalue weighted by Gasteiger charge is 2.33. The standard InChI is InChI=1S/C22H21N3OS2/c1-3-23-17-12-8-9-13-18(17)25(16-10-6-5-7-11-16)20(23)15-14-19-21(26)24(4-2)22(27)28-19/h5-15H,3-4H2,1-2H3. The minimum atomic E-state index is -0.0147. The molecule has 0 aromatic heterocycles. The lowest BCUT2D eigenvalue weighted by molar-refractivity contribution is -0.122. The Hall–Kier alpha value is -2.57. The molecule has 1 saturated heterocycles. The van der Waals surface area contributed by atoms with Gasteiger partial charge in [-0.1, -0.05) is 54.3 Å². The summed E-state index contributed by atoms with van der Waals surface area (Å²) in [6.45, 7) is 5.50. The third-order valence-corrected chi connectivity index (χ3v) is 6.22. The molecule has 0 radical (unpaired) electrons. The Kier molecular flexibility index (Phi) is 5.24. The second-order valence-electron chi connectivity index (χ2n) is 6.38. The molecule has 2 heterocycles. The molecular formula is C22H21N3OS2. The van der Waals surface area contributed by atoms with Crippen LogP contribution in [0.25, 0.3) is 0 Å². The lowest BCUT2D eigenvalue weighted by atomic mass is 10.2. The fourth-order valence-electron chi connectivity index (χ4n) is 3.53. The zero-order valence-corrected chi connectivity index (χ0v) is 17.5. The summed E-state index contributed by atoms with van der Waals surface area (Å²) >= 11 is 6.70. The third-order valence-electron chi connectivity index (χ3n) is 4.82. The molecule has 6 heteroatoms. The van der Waals surface area contributed by atoms with Gasteiger partial charge in [0.2, 0.25) is 0 Å². The maximum absolute atomic E-state index is 12.6. The van der Waals surface area contributed by atoms with Crippen molar-refractivity contribution in [1.29, 1.82) is 0 Å². The van der Waals surface area contributed by atoms with Crippen molar-refractivity contribution in [2.75, 3.05) is 22.9 Å². The second kappa shape index (κ2) is 7.81. The monoisotopic (exact) mass is 407 g/mol. The number of likely N-dealkylation sites (N-methyl/N-ethyl adjacent to an activating group) is 1. The molecule has 2 aromatic carbocycles. The number of para-hydroxylation sites is 3. The summed E-state index contributed by atoms with van der Waals surface area (Å²) in [5.41, 5.74) is 3.39. The lowest BCUT2D eigenvalue weighted by Crippen LogP contribution is -2.27. The van der Waals surface area contributed by atoms with Crippen LogP contribution in [0.5, 0.6) is 0 Å². The largest absolute Gasteiger partial charge is 0.326 e. The predicted octanol–water partition coefficient (Wildman–Crippen LogP) is 5.27. The van der Waals surface area contributed by atoms with Crippen molar-refractivity contribution in [3.63, 3.8) is 0 Å². The molecule has 142 valence electrons. The summed E-state index contributed by atoms with van der Waals surface area (Å²) in [7, 11) is 0. The van der Waals surface area contributed by atoms with E-state index in [1.54, 1.807) is 4.90 Å². The molecule has 0 atom stereocenters. The van der Waals surface area contributed by atoms with Crippen LogP contribution in [0.4, 0.5) is 17.1 Å². The summed E-state index contributed by atoms with van der Waals surface area (Å²) in [4.78, 5) is 19.4. The molecule has 1 fully saturated rings. The van der Waals surface area contributed by atoms with Crippen LogP contribution in [0, 0.1) is 0 Å². The summed E-state index contributed by atoms with van der Waals surface area (Å²) in [5, 5.41) is 0. The van der Waals surface area contributed by atoms with Gasteiger partial charge in [-0.25, -0.2) is 0 Å². The molecule has 0 unspecified atom stereocenters. The number of carbonyl (C=O) groups is 1. The van der Waals surface area contributed by atoms with E-state index in [0.29, 0.717) is 15.8 Å². The fraction of sp³-hybridized carbons (Fsp3) is 0.182. The minimum Gasteiger partial charge on any atom is -0.326 e. The van der Waals surface area contributed by atoms with Gasteiger partial charge in [-0.15, -0.1) is 0 Å². The minimum absolute atomic E-state index is 0.0147. The lowest BCUT2D eigenvalue weighted by Gasteiger charge is -2.24. The Balaban J connectivity index is 1.80.